The van der Waals surface area contributed by atoms with Crippen LogP contribution in [0.15, 0.2) is 11.6 Å². The molecule has 0 aromatic carbocycles. The van der Waals surface area contributed by atoms with Crippen molar-refractivity contribution in [2.45, 2.75) is 37.9 Å². The lowest BCUT2D eigenvalue weighted by molar-refractivity contribution is -0.0961. The van der Waals surface area contributed by atoms with E-state index in [1.807, 2.05) is 0 Å². The van der Waals surface area contributed by atoms with E-state index >= 15 is 0 Å². The molecule has 2 aliphatic rings. The molecule has 0 bridgehead atoms. The van der Waals surface area contributed by atoms with E-state index < -0.39 is 6.18 Å². The molecule has 98 valence electrons. The average Bonchev–Trinajstić information content (AvgIpc) is 2.64. The maximum atomic E-state index is 12.4. The predicted molar refractivity (Wildman–Crippen MR) is 60.5 cm³/mol. The molecule has 0 saturated heterocycles. The highest BCUT2D eigenvalue weighted by Gasteiger charge is 2.35. The molecule has 0 amide bonds. The highest BCUT2D eigenvalue weighted by Crippen LogP contribution is 2.31. The monoisotopic (exact) mass is 248 g/mol. The second-order valence-corrected chi connectivity index (χ2v) is 5.09. The second-order valence-electron chi connectivity index (χ2n) is 5.09. The summed E-state index contributed by atoms with van der Waals surface area (Å²) in [6, 6.07) is 0.239. The number of nitrogens with zero attached hydrogens (tertiary/aromatic N) is 1. The van der Waals surface area contributed by atoms with Gasteiger partial charge >= 0.3 is 6.18 Å². The Kier molecular flexibility index (Phi) is 3.78. The fourth-order valence-electron chi connectivity index (χ4n) is 2.76. The van der Waals surface area contributed by atoms with Gasteiger partial charge in [0.1, 0.15) is 0 Å². The molecule has 0 aromatic heterocycles. The van der Waals surface area contributed by atoms with Crippen LogP contribution in [0.1, 0.15) is 25.7 Å². The topological polar surface area (TPSA) is 29.3 Å². The normalized spacial score (nSPS) is 31.6. The Morgan fingerprint density at radius 3 is 2.59 bits per heavy atom. The third kappa shape index (κ3) is 3.22. The molecule has 2 rings (SSSR count). The summed E-state index contributed by atoms with van der Waals surface area (Å²) in [5, 5.41) is 0. The summed E-state index contributed by atoms with van der Waals surface area (Å²) in [5.74, 6) is 0.468. The molecule has 1 aliphatic heterocycles. The molecule has 1 heterocycles. The number of rotatable bonds is 2. The van der Waals surface area contributed by atoms with Gasteiger partial charge in [-0.1, -0.05) is 12.5 Å². The van der Waals surface area contributed by atoms with E-state index in [-0.39, 0.29) is 18.0 Å². The minimum absolute atomic E-state index is 0.117. The van der Waals surface area contributed by atoms with Crippen LogP contribution in [0.3, 0.4) is 0 Å². The fourth-order valence-corrected chi connectivity index (χ4v) is 2.76. The van der Waals surface area contributed by atoms with Crippen molar-refractivity contribution in [2.24, 2.45) is 11.7 Å². The van der Waals surface area contributed by atoms with E-state index in [4.69, 9.17) is 5.73 Å². The van der Waals surface area contributed by atoms with Crippen LogP contribution in [0.5, 0.6) is 0 Å². The highest BCUT2D eigenvalue weighted by atomic mass is 19.4. The molecule has 1 saturated carbocycles. The molecule has 2 unspecified atom stereocenters. The van der Waals surface area contributed by atoms with Crippen molar-refractivity contribution < 1.29 is 13.2 Å². The Hall–Kier alpha value is -0.550. The molecule has 1 fully saturated rings. The first-order chi connectivity index (χ1) is 7.97. The maximum Gasteiger partial charge on any atom is 0.412 e. The first-order valence-corrected chi connectivity index (χ1v) is 6.21. The molecule has 0 spiro atoms. The summed E-state index contributed by atoms with van der Waals surface area (Å²) in [4.78, 5) is 2.09. The van der Waals surface area contributed by atoms with E-state index in [0.717, 1.165) is 25.8 Å². The van der Waals surface area contributed by atoms with Crippen LogP contribution in [0.25, 0.3) is 0 Å². The van der Waals surface area contributed by atoms with Gasteiger partial charge in [-0.05, 0) is 25.2 Å². The quantitative estimate of drug-likeness (QED) is 0.760. The fraction of sp³-hybridized carbons (Fsp3) is 0.833. The van der Waals surface area contributed by atoms with Crippen molar-refractivity contribution in [1.29, 1.82) is 0 Å². The maximum absolute atomic E-state index is 12.4. The number of alkyl halides is 3. The standard InChI is InChI=1S/C12H19F3N2/c13-12(14,15)10-4-6-17(7-5-10)8-9-2-1-3-11(9)16/h4,9,11H,1-3,5-8,16H2. The van der Waals surface area contributed by atoms with Gasteiger partial charge in [-0.2, -0.15) is 13.2 Å². The van der Waals surface area contributed by atoms with Gasteiger partial charge < -0.3 is 5.73 Å². The zero-order valence-electron chi connectivity index (χ0n) is 9.84. The molecular weight excluding hydrogens is 229 g/mol. The zero-order chi connectivity index (χ0) is 12.5. The summed E-state index contributed by atoms with van der Waals surface area (Å²) < 4.78 is 37.3. The summed E-state index contributed by atoms with van der Waals surface area (Å²) in [7, 11) is 0. The molecule has 0 aromatic rings. The van der Waals surface area contributed by atoms with Gasteiger partial charge in [0.25, 0.3) is 0 Å². The molecule has 2 atom stereocenters. The SMILES string of the molecule is NC1CCCC1CN1CC=C(C(F)(F)F)CC1. The van der Waals surface area contributed by atoms with Gasteiger partial charge in [-0.25, -0.2) is 0 Å². The van der Waals surface area contributed by atoms with Crippen LogP contribution < -0.4 is 5.73 Å². The first-order valence-electron chi connectivity index (χ1n) is 6.21. The average molecular weight is 248 g/mol. The minimum atomic E-state index is -4.14. The largest absolute Gasteiger partial charge is 0.412 e. The van der Waals surface area contributed by atoms with Crippen molar-refractivity contribution in [3.63, 3.8) is 0 Å². The van der Waals surface area contributed by atoms with Gasteiger partial charge in [0.15, 0.2) is 0 Å². The van der Waals surface area contributed by atoms with Crippen LogP contribution in [0.4, 0.5) is 13.2 Å². The zero-order valence-corrected chi connectivity index (χ0v) is 9.84. The third-order valence-electron chi connectivity index (χ3n) is 3.87. The van der Waals surface area contributed by atoms with Gasteiger partial charge in [0.2, 0.25) is 0 Å². The Morgan fingerprint density at radius 1 is 1.35 bits per heavy atom. The first kappa shape index (κ1) is 12.9. The van der Waals surface area contributed by atoms with E-state index in [2.05, 4.69) is 4.90 Å². The number of nitrogens with two attached hydrogens (primary N) is 1. The van der Waals surface area contributed by atoms with E-state index in [0.29, 0.717) is 19.0 Å². The highest BCUT2D eigenvalue weighted by molar-refractivity contribution is 5.13. The minimum Gasteiger partial charge on any atom is -0.327 e. The smallest absolute Gasteiger partial charge is 0.327 e. The van der Waals surface area contributed by atoms with E-state index in [1.165, 1.54) is 6.08 Å². The van der Waals surface area contributed by atoms with Crippen LogP contribution >= 0.6 is 0 Å². The summed E-state index contributed by atoms with van der Waals surface area (Å²) in [5.41, 5.74) is 5.60. The van der Waals surface area contributed by atoms with Gasteiger partial charge in [0.05, 0.1) is 0 Å². The van der Waals surface area contributed by atoms with Crippen molar-refractivity contribution in [3.05, 3.63) is 11.6 Å². The summed E-state index contributed by atoms with van der Waals surface area (Å²) >= 11 is 0. The van der Waals surface area contributed by atoms with Gasteiger partial charge in [-0.15, -0.1) is 0 Å². The van der Waals surface area contributed by atoms with Crippen LogP contribution in [0.2, 0.25) is 0 Å². The van der Waals surface area contributed by atoms with Crippen molar-refractivity contribution >= 4 is 0 Å². The van der Waals surface area contributed by atoms with Crippen LogP contribution in [-0.4, -0.2) is 36.8 Å². The van der Waals surface area contributed by atoms with E-state index in [1.54, 1.807) is 0 Å². The van der Waals surface area contributed by atoms with Crippen LogP contribution in [-0.2, 0) is 0 Å². The Labute approximate surface area is 99.6 Å². The number of halogens is 3. The Morgan fingerprint density at radius 2 is 2.12 bits per heavy atom. The van der Waals surface area contributed by atoms with Crippen molar-refractivity contribution in [1.82, 2.24) is 4.90 Å². The van der Waals surface area contributed by atoms with Crippen molar-refractivity contribution in [2.75, 3.05) is 19.6 Å². The van der Waals surface area contributed by atoms with Crippen LogP contribution in [0, 0.1) is 5.92 Å². The molecule has 0 radical (unpaired) electrons. The van der Waals surface area contributed by atoms with Crippen molar-refractivity contribution in [3.8, 4) is 0 Å². The number of hydrogen-bond donors (Lipinski definition) is 1. The molecule has 2 nitrogen and oxygen atoms in total. The second kappa shape index (κ2) is 4.98. The molecule has 2 N–H and O–H groups in total. The lowest BCUT2D eigenvalue weighted by Crippen LogP contribution is -2.39. The van der Waals surface area contributed by atoms with Gasteiger partial charge in [0, 0.05) is 31.2 Å². The Bertz CT molecular complexity index is 299. The lowest BCUT2D eigenvalue weighted by atomic mass is 10.0. The van der Waals surface area contributed by atoms with Gasteiger partial charge in [-0.3, -0.25) is 4.90 Å². The summed E-state index contributed by atoms with van der Waals surface area (Å²) in [6.07, 6.45) is 0.629. The lowest BCUT2D eigenvalue weighted by Gasteiger charge is -2.30. The Balaban J connectivity index is 1.85. The molecule has 17 heavy (non-hydrogen) atoms. The van der Waals surface area contributed by atoms with E-state index in [9.17, 15) is 13.2 Å². The predicted octanol–water partition coefficient (Wildman–Crippen LogP) is 2.31. The third-order valence-corrected chi connectivity index (χ3v) is 3.87. The summed E-state index contributed by atoms with van der Waals surface area (Å²) in [6.45, 7) is 1.77. The molecular formula is C12H19F3N2. The number of hydrogen-bond acceptors (Lipinski definition) is 2. The molecule has 1 aliphatic carbocycles. The molecule has 5 heteroatoms.